The SMILES string of the molecule is COc1cc(/C=N\NC(=O)CSc2ccc(Cl)cc2)c(Br)cc1OCC(=O)Nc1ccc(C)cc1. The molecule has 0 spiro atoms. The number of thioether (sulfide) groups is 1. The van der Waals surface area contributed by atoms with Crippen LogP contribution < -0.4 is 20.2 Å². The van der Waals surface area contributed by atoms with Crippen molar-refractivity contribution in [2.75, 3.05) is 24.8 Å². The molecule has 0 aliphatic carbocycles. The highest BCUT2D eigenvalue weighted by molar-refractivity contribution is 9.10. The van der Waals surface area contributed by atoms with Gasteiger partial charge in [0, 0.05) is 25.6 Å². The van der Waals surface area contributed by atoms with Crippen molar-refractivity contribution >= 4 is 63.0 Å². The number of benzene rings is 3. The number of rotatable bonds is 10. The van der Waals surface area contributed by atoms with Crippen molar-refractivity contribution in [2.45, 2.75) is 11.8 Å². The molecule has 0 aliphatic rings. The first kappa shape index (κ1) is 26.6. The molecule has 10 heteroatoms. The van der Waals surface area contributed by atoms with Crippen molar-refractivity contribution in [1.82, 2.24) is 5.43 Å². The van der Waals surface area contributed by atoms with Crippen molar-refractivity contribution in [3.8, 4) is 11.5 Å². The molecule has 35 heavy (non-hydrogen) atoms. The van der Waals surface area contributed by atoms with Crippen LogP contribution in [0.25, 0.3) is 0 Å². The van der Waals surface area contributed by atoms with Gasteiger partial charge >= 0.3 is 0 Å². The molecule has 182 valence electrons. The molecule has 0 heterocycles. The van der Waals surface area contributed by atoms with Crippen LogP contribution in [0.1, 0.15) is 11.1 Å². The minimum atomic E-state index is -0.295. The number of hydrogen-bond acceptors (Lipinski definition) is 6. The van der Waals surface area contributed by atoms with Gasteiger partial charge in [0.25, 0.3) is 5.91 Å². The molecule has 2 amide bonds. The zero-order chi connectivity index (χ0) is 25.2. The molecule has 2 N–H and O–H groups in total. The lowest BCUT2D eigenvalue weighted by Gasteiger charge is -2.13. The van der Waals surface area contributed by atoms with E-state index >= 15 is 0 Å². The summed E-state index contributed by atoms with van der Waals surface area (Å²) >= 11 is 10.7. The smallest absolute Gasteiger partial charge is 0.262 e. The maximum absolute atomic E-state index is 12.2. The van der Waals surface area contributed by atoms with Gasteiger partial charge in [-0.25, -0.2) is 5.43 Å². The molecule has 3 rings (SSSR count). The Kier molecular flexibility index (Phi) is 10.0. The fourth-order valence-corrected chi connectivity index (χ4v) is 4.03. The quantitative estimate of drug-likeness (QED) is 0.184. The Labute approximate surface area is 221 Å². The van der Waals surface area contributed by atoms with E-state index in [-0.39, 0.29) is 24.2 Å². The lowest BCUT2D eigenvalue weighted by molar-refractivity contribution is -0.119. The minimum absolute atomic E-state index is 0.189. The Balaban J connectivity index is 1.53. The number of carbonyl (C=O) groups is 2. The fourth-order valence-electron chi connectivity index (χ4n) is 2.79. The summed E-state index contributed by atoms with van der Waals surface area (Å²) in [5, 5.41) is 7.44. The number of nitrogens with one attached hydrogen (secondary N) is 2. The maximum Gasteiger partial charge on any atom is 0.262 e. The third-order valence-corrected chi connectivity index (χ3v) is 6.50. The highest BCUT2D eigenvalue weighted by Crippen LogP contribution is 2.33. The molecule has 0 saturated heterocycles. The molecule has 0 unspecified atom stereocenters. The van der Waals surface area contributed by atoms with Crippen molar-refractivity contribution in [3.63, 3.8) is 0 Å². The van der Waals surface area contributed by atoms with E-state index in [9.17, 15) is 9.59 Å². The van der Waals surface area contributed by atoms with E-state index < -0.39 is 0 Å². The number of anilines is 1. The van der Waals surface area contributed by atoms with E-state index in [0.29, 0.717) is 32.2 Å². The maximum atomic E-state index is 12.2. The van der Waals surface area contributed by atoms with E-state index in [1.54, 1.807) is 24.3 Å². The van der Waals surface area contributed by atoms with Crippen molar-refractivity contribution in [1.29, 1.82) is 0 Å². The van der Waals surface area contributed by atoms with Gasteiger partial charge in [0.15, 0.2) is 18.1 Å². The number of aryl methyl sites for hydroxylation is 1. The molecule has 0 radical (unpaired) electrons. The van der Waals surface area contributed by atoms with Crippen LogP contribution in [0.4, 0.5) is 5.69 Å². The molecule has 3 aromatic carbocycles. The molecule has 0 atom stereocenters. The predicted molar refractivity (Wildman–Crippen MR) is 144 cm³/mol. The first-order valence-electron chi connectivity index (χ1n) is 10.4. The molecule has 7 nitrogen and oxygen atoms in total. The molecule has 3 aromatic rings. The third-order valence-electron chi connectivity index (χ3n) is 4.55. The number of hydrazone groups is 1. The van der Waals surface area contributed by atoms with Gasteiger partial charge in [0.05, 0.1) is 19.1 Å². The number of hydrogen-bond donors (Lipinski definition) is 2. The largest absolute Gasteiger partial charge is 0.493 e. The van der Waals surface area contributed by atoms with E-state index in [1.807, 2.05) is 43.3 Å². The lowest BCUT2D eigenvalue weighted by Crippen LogP contribution is -2.20. The molecule has 0 aliphatic heterocycles. The zero-order valence-corrected chi connectivity index (χ0v) is 22.2. The van der Waals surface area contributed by atoms with Crippen LogP contribution in [-0.2, 0) is 9.59 Å². The van der Waals surface area contributed by atoms with E-state index in [2.05, 4.69) is 31.8 Å². The van der Waals surface area contributed by atoms with Gasteiger partial charge in [-0.15, -0.1) is 11.8 Å². The average molecular weight is 577 g/mol. The Morgan fingerprint density at radius 1 is 1.06 bits per heavy atom. The lowest BCUT2D eigenvalue weighted by atomic mass is 10.2. The first-order valence-corrected chi connectivity index (χ1v) is 12.6. The molecule has 0 aromatic heterocycles. The Hall–Kier alpha value is -3.01. The molecular weight excluding hydrogens is 554 g/mol. The second kappa shape index (κ2) is 13.2. The zero-order valence-electron chi connectivity index (χ0n) is 19.0. The minimum Gasteiger partial charge on any atom is -0.493 e. The Bertz CT molecular complexity index is 1200. The van der Waals surface area contributed by atoms with Crippen LogP contribution in [0.2, 0.25) is 5.02 Å². The standard InChI is InChI=1S/C25H23BrClN3O4S/c1-16-3-7-19(8-4-16)29-24(31)14-34-23-12-21(26)17(11-22(23)33-2)13-28-30-25(32)15-35-20-9-5-18(27)6-10-20/h3-13H,14-15H2,1-2H3,(H,29,31)(H,30,32)/b28-13-. The van der Waals surface area contributed by atoms with Crippen LogP contribution in [0.3, 0.4) is 0 Å². The summed E-state index contributed by atoms with van der Waals surface area (Å²) in [5.41, 5.74) is 4.95. The van der Waals surface area contributed by atoms with E-state index in [4.69, 9.17) is 21.1 Å². The van der Waals surface area contributed by atoms with Gasteiger partial charge in [0.2, 0.25) is 5.91 Å². The van der Waals surface area contributed by atoms with Crippen LogP contribution in [0, 0.1) is 6.92 Å². The Morgan fingerprint density at radius 3 is 2.46 bits per heavy atom. The summed E-state index contributed by atoms with van der Waals surface area (Å²) in [7, 11) is 1.50. The van der Waals surface area contributed by atoms with E-state index in [1.165, 1.54) is 25.1 Å². The van der Waals surface area contributed by atoms with E-state index in [0.717, 1.165) is 10.5 Å². The summed E-state index contributed by atoms with van der Waals surface area (Å²) in [4.78, 5) is 25.2. The van der Waals surface area contributed by atoms with Crippen LogP contribution >= 0.6 is 39.3 Å². The van der Waals surface area contributed by atoms with Crippen LogP contribution in [-0.4, -0.2) is 37.5 Å². The van der Waals surface area contributed by atoms with Gasteiger partial charge in [-0.2, -0.15) is 5.10 Å². The van der Waals surface area contributed by atoms with Gasteiger partial charge in [-0.05, 0) is 71.4 Å². The summed E-state index contributed by atoms with van der Waals surface area (Å²) in [6.07, 6.45) is 1.49. The fraction of sp³-hybridized carbons (Fsp3) is 0.160. The summed E-state index contributed by atoms with van der Waals surface area (Å²) in [6.45, 7) is 1.79. The number of carbonyl (C=O) groups excluding carboxylic acids is 2. The normalized spacial score (nSPS) is 10.7. The third kappa shape index (κ3) is 8.61. The summed E-state index contributed by atoms with van der Waals surface area (Å²) < 4.78 is 11.7. The summed E-state index contributed by atoms with van der Waals surface area (Å²) in [6, 6.07) is 18.1. The van der Waals surface area contributed by atoms with Crippen molar-refractivity contribution < 1.29 is 19.1 Å². The van der Waals surface area contributed by atoms with Crippen molar-refractivity contribution in [3.05, 3.63) is 81.3 Å². The molecular formula is C25H23BrClN3O4S. The highest BCUT2D eigenvalue weighted by atomic mass is 79.9. The first-order chi connectivity index (χ1) is 16.8. The van der Waals surface area contributed by atoms with Gasteiger partial charge in [-0.3, -0.25) is 9.59 Å². The van der Waals surface area contributed by atoms with Gasteiger partial charge in [-0.1, -0.05) is 29.3 Å². The number of ether oxygens (including phenoxy) is 2. The molecule has 0 saturated carbocycles. The number of nitrogens with zero attached hydrogens (tertiary/aromatic N) is 1. The number of halogens is 2. The monoisotopic (exact) mass is 575 g/mol. The average Bonchev–Trinajstić information content (AvgIpc) is 2.85. The predicted octanol–water partition coefficient (Wildman–Crippen LogP) is 5.68. The second-order valence-corrected chi connectivity index (χ2v) is 9.60. The van der Waals surface area contributed by atoms with Gasteiger partial charge < -0.3 is 14.8 Å². The van der Waals surface area contributed by atoms with Crippen LogP contribution in [0.5, 0.6) is 11.5 Å². The van der Waals surface area contributed by atoms with Crippen molar-refractivity contribution in [2.24, 2.45) is 5.10 Å². The second-order valence-electron chi connectivity index (χ2n) is 7.26. The highest BCUT2D eigenvalue weighted by Gasteiger charge is 2.12. The topological polar surface area (TPSA) is 89.0 Å². The van der Waals surface area contributed by atoms with Gasteiger partial charge in [0.1, 0.15) is 0 Å². The summed E-state index contributed by atoms with van der Waals surface area (Å²) in [5.74, 6) is 0.475. The Morgan fingerprint density at radius 2 is 1.77 bits per heavy atom. The number of amides is 2. The molecule has 0 fully saturated rings. The number of methoxy groups -OCH3 is 1. The molecule has 0 bridgehead atoms. The van der Waals surface area contributed by atoms with Crippen LogP contribution in [0.15, 0.2) is 75.1 Å².